The van der Waals surface area contributed by atoms with E-state index in [-0.39, 0.29) is 6.03 Å². The van der Waals surface area contributed by atoms with Crippen LogP contribution in [-0.4, -0.2) is 6.03 Å². The first-order chi connectivity index (χ1) is 9.08. The Balaban J connectivity index is 2.10. The molecule has 0 aliphatic heterocycles. The normalized spacial score (nSPS) is 10.1. The van der Waals surface area contributed by atoms with Crippen molar-refractivity contribution in [2.45, 2.75) is 6.92 Å². The van der Waals surface area contributed by atoms with Crippen LogP contribution >= 0.6 is 27.5 Å². The standard InChI is InChI=1S/C14H12BrClN2O/c1-9-5-4-8-12(13(9)15)18-14(19)17-11-7-3-2-6-10(11)16/h2-8H,1H3,(H2,17,18,19). The molecular weight excluding hydrogens is 328 g/mol. The van der Waals surface area contributed by atoms with E-state index in [9.17, 15) is 4.79 Å². The van der Waals surface area contributed by atoms with E-state index in [1.165, 1.54) is 0 Å². The average molecular weight is 340 g/mol. The maximum Gasteiger partial charge on any atom is 0.323 e. The summed E-state index contributed by atoms with van der Waals surface area (Å²) >= 11 is 9.42. The van der Waals surface area contributed by atoms with Crippen molar-refractivity contribution in [1.82, 2.24) is 0 Å². The van der Waals surface area contributed by atoms with Crippen LogP contribution in [-0.2, 0) is 0 Å². The van der Waals surface area contributed by atoms with Crippen LogP contribution in [0.1, 0.15) is 5.56 Å². The minimum atomic E-state index is -0.334. The van der Waals surface area contributed by atoms with Crippen LogP contribution in [0.5, 0.6) is 0 Å². The second kappa shape index (κ2) is 6.08. The maximum atomic E-state index is 11.9. The van der Waals surface area contributed by atoms with Crippen LogP contribution in [0.25, 0.3) is 0 Å². The molecule has 19 heavy (non-hydrogen) atoms. The largest absolute Gasteiger partial charge is 0.323 e. The van der Waals surface area contributed by atoms with Crippen LogP contribution in [0, 0.1) is 6.92 Å². The van der Waals surface area contributed by atoms with Crippen molar-refractivity contribution in [3.8, 4) is 0 Å². The summed E-state index contributed by atoms with van der Waals surface area (Å²) in [5.74, 6) is 0. The number of para-hydroxylation sites is 1. The molecular formula is C14H12BrClN2O. The number of urea groups is 1. The number of carbonyl (C=O) groups is 1. The van der Waals surface area contributed by atoms with E-state index in [0.29, 0.717) is 16.4 Å². The lowest BCUT2D eigenvalue weighted by atomic mass is 10.2. The van der Waals surface area contributed by atoms with Crippen molar-refractivity contribution in [2.75, 3.05) is 10.6 Å². The molecule has 0 aliphatic rings. The van der Waals surface area contributed by atoms with Crippen LogP contribution in [0.15, 0.2) is 46.9 Å². The highest BCUT2D eigenvalue weighted by Crippen LogP contribution is 2.26. The van der Waals surface area contributed by atoms with E-state index < -0.39 is 0 Å². The summed E-state index contributed by atoms with van der Waals surface area (Å²) in [5.41, 5.74) is 2.34. The fourth-order valence-electron chi connectivity index (χ4n) is 1.58. The van der Waals surface area contributed by atoms with Gasteiger partial charge in [-0.25, -0.2) is 4.79 Å². The molecule has 0 radical (unpaired) electrons. The van der Waals surface area contributed by atoms with E-state index >= 15 is 0 Å². The Morgan fingerprint density at radius 1 is 1.05 bits per heavy atom. The minimum absolute atomic E-state index is 0.334. The third kappa shape index (κ3) is 3.49. The van der Waals surface area contributed by atoms with Crippen molar-refractivity contribution < 1.29 is 4.79 Å². The second-order valence-corrected chi connectivity index (χ2v) is 5.20. The highest BCUT2D eigenvalue weighted by molar-refractivity contribution is 9.10. The smallest absolute Gasteiger partial charge is 0.307 e. The van der Waals surface area contributed by atoms with Gasteiger partial charge in [-0.2, -0.15) is 0 Å². The number of hydrogen-bond acceptors (Lipinski definition) is 1. The van der Waals surface area contributed by atoms with Gasteiger partial charge in [0.25, 0.3) is 0 Å². The Hall–Kier alpha value is -1.52. The van der Waals surface area contributed by atoms with E-state index in [1.807, 2.05) is 37.3 Å². The molecule has 0 spiro atoms. The van der Waals surface area contributed by atoms with Gasteiger partial charge in [0, 0.05) is 4.47 Å². The van der Waals surface area contributed by atoms with Gasteiger partial charge in [-0.1, -0.05) is 35.9 Å². The molecule has 0 heterocycles. The highest BCUT2D eigenvalue weighted by Gasteiger charge is 2.08. The Kier molecular flexibility index (Phi) is 4.45. The molecule has 0 fully saturated rings. The Bertz CT molecular complexity index is 616. The number of amides is 2. The molecule has 0 aromatic heterocycles. The Morgan fingerprint density at radius 3 is 2.42 bits per heavy atom. The quantitative estimate of drug-likeness (QED) is 0.789. The predicted octanol–water partition coefficient (Wildman–Crippen LogP) is 5.05. The van der Waals surface area contributed by atoms with Gasteiger partial charge in [0.15, 0.2) is 0 Å². The lowest BCUT2D eigenvalue weighted by molar-refractivity contribution is 0.262. The molecule has 0 aliphatic carbocycles. The van der Waals surface area contributed by atoms with Gasteiger partial charge in [-0.15, -0.1) is 0 Å². The van der Waals surface area contributed by atoms with Gasteiger partial charge in [-0.3, -0.25) is 0 Å². The van der Waals surface area contributed by atoms with Gasteiger partial charge in [0.1, 0.15) is 0 Å². The summed E-state index contributed by atoms with van der Waals surface area (Å²) < 4.78 is 0.865. The number of benzene rings is 2. The molecule has 2 rings (SSSR count). The fraction of sp³-hybridized carbons (Fsp3) is 0.0714. The molecule has 3 nitrogen and oxygen atoms in total. The third-order valence-electron chi connectivity index (χ3n) is 2.56. The van der Waals surface area contributed by atoms with Crippen molar-refractivity contribution >= 4 is 44.9 Å². The van der Waals surface area contributed by atoms with E-state index in [1.54, 1.807) is 12.1 Å². The fourth-order valence-corrected chi connectivity index (χ4v) is 2.13. The first-order valence-electron chi connectivity index (χ1n) is 5.65. The number of halogens is 2. The lowest BCUT2D eigenvalue weighted by Crippen LogP contribution is -2.19. The average Bonchev–Trinajstić information content (AvgIpc) is 2.38. The first-order valence-corrected chi connectivity index (χ1v) is 6.82. The van der Waals surface area contributed by atoms with Crippen molar-refractivity contribution in [1.29, 1.82) is 0 Å². The van der Waals surface area contributed by atoms with E-state index in [2.05, 4.69) is 26.6 Å². The van der Waals surface area contributed by atoms with Gasteiger partial charge in [-0.05, 0) is 46.6 Å². The number of aryl methyl sites for hydroxylation is 1. The summed E-state index contributed by atoms with van der Waals surface area (Å²) in [5, 5.41) is 5.97. The molecule has 0 atom stereocenters. The molecule has 5 heteroatoms. The molecule has 2 amide bonds. The monoisotopic (exact) mass is 338 g/mol. The van der Waals surface area contributed by atoms with Crippen molar-refractivity contribution in [2.24, 2.45) is 0 Å². The van der Waals surface area contributed by atoms with E-state index in [0.717, 1.165) is 10.0 Å². The summed E-state index contributed by atoms with van der Waals surface area (Å²) in [7, 11) is 0. The van der Waals surface area contributed by atoms with Gasteiger partial charge in [0.2, 0.25) is 0 Å². The molecule has 2 aromatic carbocycles. The SMILES string of the molecule is Cc1cccc(NC(=O)Nc2ccccc2Cl)c1Br. The molecule has 2 aromatic rings. The molecule has 98 valence electrons. The van der Waals surface area contributed by atoms with Crippen molar-refractivity contribution in [3.05, 3.63) is 57.5 Å². The third-order valence-corrected chi connectivity index (χ3v) is 3.94. The maximum absolute atomic E-state index is 11.9. The Morgan fingerprint density at radius 2 is 1.68 bits per heavy atom. The predicted molar refractivity (Wildman–Crippen MR) is 83.0 cm³/mol. The first kappa shape index (κ1) is 13.9. The molecule has 0 unspecified atom stereocenters. The van der Waals surface area contributed by atoms with Gasteiger partial charge >= 0.3 is 6.03 Å². The minimum Gasteiger partial charge on any atom is -0.307 e. The van der Waals surface area contributed by atoms with Gasteiger partial charge < -0.3 is 10.6 Å². The molecule has 0 saturated heterocycles. The number of nitrogens with one attached hydrogen (secondary N) is 2. The Labute approximate surface area is 125 Å². The molecule has 2 N–H and O–H groups in total. The zero-order chi connectivity index (χ0) is 13.8. The number of hydrogen-bond donors (Lipinski definition) is 2. The number of rotatable bonds is 2. The molecule has 0 saturated carbocycles. The van der Waals surface area contributed by atoms with Crippen LogP contribution in [0.3, 0.4) is 0 Å². The summed E-state index contributed by atoms with van der Waals surface area (Å²) in [4.78, 5) is 11.9. The zero-order valence-corrected chi connectivity index (χ0v) is 12.5. The molecule has 0 bridgehead atoms. The van der Waals surface area contributed by atoms with Crippen LogP contribution < -0.4 is 10.6 Å². The lowest BCUT2D eigenvalue weighted by Gasteiger charge is -2.11. The van der Waals surface area contributed by atoms with Gasteiger partial charge in [0.05, 0.1) is 16.4 Å². The second-order valence-electron chi connectivity index (χ2n) is 4.00. The number of carbonyl (C=O) groups excluding carboxylic acids is 1. The van der Waals surface area contributed by atoms with Crippen molar-refractivity contribution in [3.63, 3.8) is 0 Å². The number of anilines is 2. The highest BCUT2D eigenvalue weighted by atomic mass is 79.9. The van der Waals surface area contributed by atoms with E-state index in [4.69, 9.17) is 11.6 Å². The van der Waals surface area contributed by atoms with Crippen LogP contribution in [0.4, 0.5) is 16.2 Å². The van der Waals surface area contributed by atoms with Crippen LogP contribution in [0.2, 0.25) is 5.02 Å². The topological polar surface area (TPSA) is 41.1 Å². The zero-order valence-electron chi connectivity index (χ0n) is 10.2. The summed E-state index contributed by atoms with van der Waals surface area (Å²) in [6.07, 6.45) is 0. The summed E-state index contributed by atoms with van der Waals surface area (Å²) in [6.45, 7) is 1.96. The summed E-state index contributed by atoms with van der Waals surface area (Å²) in [6, 6.07) is 12.4.